The van der Waals surface area contributed by atoms with Gasteiger partial charge in [0.25, 0.3) is 0 Å². The predicted octanol–water partition coefficient (Wildman–Crippen LogP) is 2.41. The molecule has 0 radical (unpaired) electrons. The minimum atomic E-state index is -0.436. The van der Waals surface area contributed by atoms with Crippen LogP contribution in [0.25, 0.3) is 10.9 Å². The molecule has 0 aliphatic rings. The molecule has 0 spiro atoms. The van der Waals surface area contributed by atoms with E-state index in [9.17, 15) is 9.18 Å². The van der Waals surface area contributed by atoms with E-state index in [1.165, 1.54) is 13.2 Å². The highest BCUT2D eigenvalue weighted by molar-refractivity contribution is 6.05. The van der Waals surface area contributed by atoms with E-state index in [1.807, 2.05) is 0 Å². The molecule has 2 aromatic rings. The fourth-order valence-electron chi connectivity index (χ4n) is 1.95. The summed E-state index contributed by atoms with van der Waals surface area (Å²) in [6.45, 7) is 1.77. The number of rotatable bonds is 1. The maximum atomic E-state index is 13.6. The summed E-state index contributed by atoms with van der Waals surface area (Å²) in [5.41, 5.74) is 1.56. The monoisotopic (exact) mass is 221 g/mol. The second kappa shape index (κ2) is 3.63. The number of carbonyl (C=O) groups excluding carboxylic acids is 1. The summed E-state index contributed by atoms with van der Waals surface area (Å²) in [5, 5.41) is 0.590. The van der Waals surface area contributed by atoms with E-state index < -0.39 is 5.97 Å². The lowest BCUT2D eigenvalue weighted by atomic mass is 10.1. The van der Waals surface area contributed by atoms with E-state index in [1.54, 1.807) is 30.7 Å². The van der Waals surface area contributed by atoms with Gasteiger partial charge in [-0.25, -0.2) is 9.18 Å². The number of halogens is 1. The Labute approximate surface area is 92.4 Å². The summed E-state index contributed by atoms with van der Waals surface area (Å²) >= 11 is 0. The number of hydrogen-bond acceptors (Lipinski definition) is 2. The first-order valence-corrected chi connectivity index (χ1v) is 4.89. The van der Waals surface area contributed by atoms with Crippen molar-refractivity contribution in [1.29, 1.82) is 0 Å². The van der Waals surface area contributed by atoms with E-state index in [0.29, 0.717) is 22.2 Å². The molecule has 0 bridgehead atoms. The Hall–Kier alpha value is -1.84. The number of aromatic nitrogens is 1. The maximum absolute atomic E-state index is 13.6. The van der Waals surface area contributed by atoms with Gasteiger partial charge in [-0.1, -0.05) is 12.1 Å². The minimum absolute atomic E-state index is 0.335. The highest BCUT2D eigenvalue weighted by Crippen LogP contribution is 2.27. The van der Waals surface area contributed by atoms with Gasteiger partial charge in [-0.15, -0.1) is 0 Å². The van der Waals surface area contributed by atoms with Crippen LogP contribution in [0.1, 0.15) is 16.1 Å². The Kier molecular flexibility index (Phi) is 2.42. The molecular weight excluding hydrogens is 209 g/mol. The Balaban J connectivity index is 2.90. The quantitative estimate of drug-likeness (QED) is 0.692. The topological polar surface area (TPSA) is 31.2 Å². The van der Waals surface area contributed by atoms with Gasteiger partial charge in [0, 0.05) is 18.1 Å². The van der Waals surface area contributed by atoms with Crippen molar-refractivity contribution in [2.45, 2.75) is 6.92 Å². The summed E-state index contributed by atoms with van der Waals surface area (Å²) in [5.74, 6) is -0.771. The van der Waals surface area contributed by atoms with Gasteiger partial charge in [-0.3, -0.25) is 0 Å². The third kappa shape index (κ3) is 1.30. The Morgan fingerprint density at radius 3 is 2.75 bits per heavy atom. The normalized spacial score (nSPS) is 10.8. The lowest BCUT2D eigenvalue weighted by molar-refractivity contribution is 0.0602. The number of carbonyl (C=O) groups is 1. The first kappa shape index (κ1) is 10.7. The standard InChI is InChI=1S/C12H12FNO2/c1-7-10(12(15)16-3)8-5-4-6-9(13)11(8)14(7)2/h4-6H,1-3H3. The van der Waals surface area contributed by atoms with E-state index in [0.717, 1.165) is 0 Å². The molecule has 0 N–H and O–H groups in total. The Morgan fingerprint density at radius 2 is 2.12 bits per heavy atom. The molecule has 0 aliphatic heterocycles. The third-order valence-corrected chi connectivity index (χ3v) is 2.85. The summed E-state index contributed by atoms with van der Waals surface area (Å²) in [7, 11) is 3.05. The van der Waals surface area contributed by atoms with Gasteiger partial charge in [0.2, 0.25) is 0 Å². The lowest BCUT2D eigenvalue weighted by Crippen LogP contribution is -2.03. The van der Waals surface area contributed by atoms with Gasteiger partial charge in [0.15, 0.2) is 0 Å². The van der Waals surface area contributed by atoms with E-state index in [2.05, 4.69) is 0 Å². The van der Waals surface area contributed by atoms with Crippen molar-refractivity contribution in [1.82, 2.24) is 4.57 Å². The van der Waals surface area contributed by atoms with Crippen molar-refractivity contribution in [3.8, 4) is 0 Å². The van der Waals surface area contributed by atoms with Crippen molar-refractivity contribution >= 4 is 16.9 Å². The van der Waals surface area contributed by atoms with Gasteiger partial charge < -0.3 is 9.30 Å². The molecule has 1 aromatic carbocycles. The van der Waals surface area contributed by atoms with Gasteiger partial charge in [0.1, 0.15) is 5.82 Å². The zero-order chi connectivity index (χ0) is 11.9. The average Bonchev–Trinajstić information content (AvgIpc) is 2.52. The first-order chi connectivity index (χ1) is 7.57. The summed E-state index contributed by atoms with van der Waals surface area (Å²) < 4.78 is 20.0. The van der Waals surface area contributed by atoms with Crippen LogP contribution in [0.15, 0.2) is 18.2 Å². The van der Waals surface area contributed by atoms with Crippen molar-refractivity contribution in [3.63, 3.8) is 0 Å². The highest BCUT2D eigenvalue weighted by Gasteiger charge is 2.20. The molecule has 3 nitrogen and oxygen atoms in total. The fourth-order valence-corrected chi connectivity index (χ4v) is 1.95. The molecule has 0 amide bonds. The molecule has 0 atom stereocenters. The maximum Gasteiger partial charge on any atom is 0.340 e. The number of benzene rings is 1. The van der Waals surface area contributed by atoms with E-state index >= 15 is 0 Å². The summed E-state index contributed by atoms with van der Waals surface area (Å²) in [4.78, 5) is 11.6. The number of nitrogens with zero attached hydrogens (tertiary/aromatic N) is 1. The number of methoxy groups -OCH3 is 1. The Bertz CT molecular complexity index is 572. The van der Waals surface area contributed by atoms with Crippen LogP contribution in [0.2, 0.25) is 0 Å². The van der Waals surface area contributed by atoms with Crippen LogP contribution >= 0.6 is 0 Å². The van der Waals surface area contributed by atoms with Crippen LogP contribution in [-0.4, -0.2) is 17.6 Å². The third-order valence-electron chi connectivity index (χ3n) is 2.85. The largest absolute Gasteiger partial charge is 0.465 e. The van der Waals surface area contributed by atoms with Crippen LogP contribution in [0.5, 0.6) is 0 Å². The molecule has 84 valence electrons. The fraction of sp³-hybridized carbons (Fsp3) is 0.250. The van der Waals surface area contributed by atoms with E-state index in [-0.39, 0.29) is 5.82 Å². The molecule has 0 saturated carbocycles. The first-order valence-electron chi connectivity index (χ1n) is 4.89. The molecule has 4 heteroatoms. The van der Waals surface area contributed by atoms with E-state index in [4.69, 9.17) is 4.74 Å². The smallest absolute Gasteiger partial charge is 0.340 e. The van der Waals surface area contributed by atoms with Crippen LogP contribution in [0.3, 0.4) is 0 Å². The summed E-state index contributed by atoms with van der Waals surface area (Å²) in [6, 6.07) is 4.68. The number of ether oxygens (including phenoxy) is 1. The average molecular weight is 221 g/mol. The van der Waals surface area contributed by atoms with Gasteiger partial charge in [-0.05, 0) is 13.0 Å². The van der Waals surface area contributed by atoms with Gasteiger partial charge >= 0.3 is 5.97 Å². The van der Waals surface area contributed by atoms with Crippen molar-refractivity contribution in [3.05, 3.63) is 35.3 Å². The molecule has 2 rings (SSSR count). The van der Waals surface area contributed by atoms with Crippen molar-refractivity contribution < 1.29 is 13.9 Å². The van der Waals surface area contributed by atoms with Gasteiger partial charge in [0.05, 0.1) is 18.2 Å². The predicted molar refractivity (Wildman–Crippen MR) is 59.0 cm³/mol. The van der Waals surface area contributed by atoms with Crippen LogP contribution in [-0.2, 0) is 11.8 Å². The number of fused-ring (bicyclic) bond motifs is 1. The number of aryl methyl sites for hydroxylation is 1. The van der Waals surface area contributed by atoms with Crippen LogP contribution in [0, 0.1) is 12.7 Å². The zero-order valence-electron chi connectivity index (χ0n) is 9.37. The SMILES string of the molecule is COC(=O)c1c(C)n(C)c2c(F)cccc12. The second-order valence-corrected chi connectivity index (χ2v) is 3.65. The van der Waals surface area contributed by atoms with Crippen LogP contribution < -0.4 is 0 Å². The number of esters is 1. The lowest BCUT2D eigenvalue weighted by Gasteiger charge is -1.99. The molecule has 1 heterocycles. The molecule has 0 saturated heterocycles. The van der Waals surface area contributed by atoms with Crippen molar-refractivity contribution in [2.24, 2.45) is 7.05 Å². The zero-order valence-corrected chi connectivity index (χ0v) is 9.37. The number of para-hydroxylation sites is 1. The molecule has 16 heavy (non-hydrogen) atoms. The second-order valence-electron chi connectivity index (χ2n) is 3.65. The Morgan fingerprint density at radius 1 is 1.44 bits per heavy atom. The van der Waals surface area contributed by atoms with Crippen molar-refractivity contribution in [2.75, 3.05) is 7.11 Å². The molecule has 0 fully saturated rings. The van der Waals surface area contributed by atoms with Crippen LogP contribution in [0.4, 0.5) is 4.39 Å². The minimum Gasteiger partial charge on any atom is -0.465 e. The molecule has 0 aliphatic carbocycles. The molecule has 0 unspecified atom stereocenters. The number of hydrogen-bond donors (Lipinski definition) is 0. The molecule has 1 aromatic heterocycles. The summed E-state index contributed by atoms with van der Waals surface area (Å²) in [6.07, 6.45) is 0. The van der Waals surface area contributed by atoms with Gasteiger partial charge in [-0.2, -0.15) is 0 Å². The molecular formula is C12H12FNO2. The highest BCUT2D eigenvalue weighted by atomic mass is 19.1.